The van der Waals surface area contributed by atoms with E-state index in [1.165, 1.54) is 12.1 Å². The predicted octanol–water partition coefficient (Wildman–Crippen LogP) is 1.83. The van der Waals surface area contributed by atoms with Crippen LogP contribution in [0.3, 0.4) is 0 Å². The number of ether oxygens (including phenoxy) is 2. The van der Waals surface area contributed by atoms with Crippen LogP contribution in [0.5, 0.6) is 11.5 Å². The van der Waals surface area contributed by atoms with E-state index in [0.717, 1.165) is 13.0 Å². The van der Waals surface area contributed by atoms with E-state index in [1.807, 2.05) is 6.92 Å². The first-order chi connectivity index (χ1) is 11.1. The van der Waals surface area contributed by atoms with Crippen molar-refractivity contribution in [3.8, 4) is 11.5 Å². The third-order valence-electron chi connectivity index (χ3n) is 3.11. The minimum atomic E-state index is -3.77. The fourth-order valence-electron chi connectivity index (χ4n) is 1.97. The highest BCUT2D eigenvalue weighted by molar-refractivity contribution is 7.92. The zero-order valence-electron chi connectivity index (χ0n) is 12.4. The maximum Gasteiger partial charge on any atom is 0.263 e. The molecule has 2 heterocycles. The number of rotatable bonds is 6. The van der Waals surface area contributed by atoms with E-state index in [9.17, 15) is 8.42 Å². The first-order valence-electron chi connectivity index (χ1n) is 7.08. The monoisotopic (exact) mass is 336 g/mol. The van der Waals surface area contributed by atoms with Gasteiger partial charge in [-0.2, -0.15) is 0 Å². The van der Waals surface area contributed by atoms with Crippen molar-refractivity contribution in [2.45, 2.75) is 18.2 Å². The molecular formula is C14H16N4O4S. The standard InChI is InChI=1S/C14H16N4O4S/c1-2-7-15-13-5-6-14(17-16-13)18-23(19,20)10-3-4-11-12(8-10)22-9-21-11/h3-6,8H,2,7,9H2,1H3,(H,15,16)(H,17,18). The number of aromatic nitrogens is 2. The molecule has 2 aromatic rings. The number of anilines is 2. The minimum Gasteiger partial charge on any atom is -0.454 e. The fourth-order valence-corrected chi connectivity index (χ4v) is 2.99. The molecule has 9 heteroatoms. The quantitative estimate of drug-likeness (QED) is 0.829. The summed E-state index contributed by atoms with van der Waals surface area (Å²) in [6.45, 7) is 2.90. The Kier molecular flexibility index (Phi) is 4.20. The van der Waals surface area contributed by atoms with Crippen molar-refractivity contribution in [1.29, 1.82) is 0 Å². The fraction of sp³-hybridized carbons (Fsp3) is 0.286. The van der Waals surface area contributed by atoms with Crippen LogP contribution in [0.1, 0.15) is 13.3 Å². The minimum absolute atomic E-state index is 0.0664. The number of fused-ring (bicyclic) bond motifs is 1. The van der Waals surface area contributed by atoms with Crippen molar-refractivity contribution in [2.24, 2.45) is 0 Å². The Morgan fingerprint density at radius 1 is 1.09 bits per heavy atom. The average Bonchev–Trinajstić information content (AvgIpc) is 3.01. The van der Waals surface area contributed by atoms with Gasteiger partial charge in [0.05, 0.1) is 4.90 Å². The van der Waals surface area contributed by atoms with Gasteiger partial charge in [-0.05, 0) is 30.7 Å². The average molecular weight is 336 g/mol. The van der Waals surface area contributed by atoms with E-state index < -0.39 is 10.0 Å². The number of nitrogens with zero attached hydrogens (tertiary/aromatic N) is 2. The van der Waals surface area contributed by atoms with Crippen molar-refractivity contribution in [2.75, 3.05) is 23.4 Å². The summed E-state index contributed by atoms with van der Waals surface area (Å²) in [4.78, 5) is 0.0664. The SMILES string of the molecule is CCCNc1ccc(NS(=O)(=O)c2ccc3c(c2)OCO3)nn1. The number of nitrogens with one attached hydrogen (secondary N) is 2. The van der Waals surface area contributed by atoms with E-state index in [0.29, 0.717) is 17.3 Å². The third kappa shape index (κ3) is 3.45. The lowest BCUT2D eigenvalue weighted by atomic mass is 10.3. The normalized spacial score (nSPS) is 12.9. The summed E-state index contributed by atoms with van der Waals surface area (Å²) >= 11 is 0. The molecule has 0 amide bonds. The Balaban J connectivity index is 1.75. The van der Waals surface area contributed by atoms with Crippen LogP contribution < -0.4 is 19.5 Å². The van der Waals surface area contributed by atoms with Crippen LogP contribution in [-0.2, 0) is 10.0 Å². The van der Waals surface area contributed by atoms with Crippen LogP contribution in [0.4, 0.5) is 11.6 Å². The highest BCUT2D eigenvalue weighted by atomic mass is 32.2. The summed E-state index contributed by atoms with van der Waals surface area (Å²) in [5, 5.41) is 10.8. The molecule has 0 fully saturated rings. The molecular weight excluding hydrogens is 320 g/mol. The van der Waals surface area contributed by atoms with Crippen molar-refractivity contribution in [3.05, 3.63) is 30.3 Å². The molecule has 0 bridgehead atoms. The Morgan fingerprint density at radius 2 is 1.83 bits per heavy atom. The highest BCUT2D eigenvalue weighted by Gasteiger charge is 2.20. The van der Waals surface area contributed by atoms with Gasteiger partial charge in [0, 0.05) is 12.6 Å². The smallest absolute Gasteiger partial charge is 0.263 e. The molecule has 23 heavy (non-hydrogen) atoms. The first kappa shape index (κ1) is 15.3. The van der Waals surface area contributed by atoms with Crippen molar-refractivity contribution in [1.82, 2.24) is 10.2 Å². The summed E-state index contributed by atoms with van der Waals surface area (Å²) in [7, 11) is -3.77. The summed E-state index contributed by atoms with van der Waals surface area (Å²) in [5.74, 6) is 1.66. The third-order valence-corrected chi connectivity index (χ3v) is 4.47. The summed E-state index contributed by atoms with van der Waals surface area (Å²) < 4.78 is 37.5. The number of hydrogen-bond donors (Lipinski definition) is 2. The predicted molar refractivity (Wildman–Crippen MR) is 84.2 cm³/mol. The van der Waals surface area contributed by atoms with Crippen LogP contribution in [0.15, 0.2) is 35.2 Å². The Morgan fingerprint density at radius 3 is 2.57 bits per heavy atom. The second-order valence-corrected chi connectivity index (χ2v) is 6.53. The molecule has 1 aliphatic heterocycles. The van der Waals surface area contributed by atoms with E-state index in [4.69, 9.17) is 9.47 Å². The number of benzene rings is 1. The molecule has 0 radical (unpaired) electrons. The molecule has 0 atom stereocenters. The van der Waals surface area contributed by atoms with Gasteiger partial charge in [0.1, 0.15) is 5.82 Å². The summed E-state index contributed by atoms with van der Waals surface area (Å²) in [6.07, 6.45) is 0.959. The van der Waals surface area contributed by atoms with Gasteiger partial charge in [-0.25, -0.2) is 8.42 Å². The van der Waals surface area contributed by atoms with Crippen LogP contribution in [-0.4, -0.2) is 32.0 Å². The maximum absolute atomic E-state index is 12.4. The van der Waals surface area contributed by atoms with Crippen molar-refractivity contribution < 1.29 is 17.9 Å². The van der Waals surface area contributed by atoms with Crippen LogP contribution >= 0.6 is 0 Å². The molecule has 2 N–H and O–H groups in total. The molecule has 0 spiro atoms. The maximum atomic E-state index is 12.4. The van der Waals surface area contributed by atoms with E-state index in [1.54, 1.807) is 18.2 Å². The van der Waals surface area contributed by atoms with Gasteiger partial charge in [-0.3, -0.25) is 4.72 Å². The van der Waals surface area contributed by atoms with Crippen LogP contribution in [0.25, 0.3) is 0 Å². The molecule has 1 aromatic carbocycles. The lowest BCUT2D eigenvalue weighted by molar-refractivity contribution is 0.174. The lowest BCUT2D eigenvalue weighted by Gasteiger charge is -2.08. The lowest BCUT2D eigenvalue weighted by Crippen LogP contribution is -2.14. The highest BCUT2D eigenvalue weighted by Crippen LogP contribution is 2.34. The largest absolute Gasteiger partial charge is 0.454 e. The van der Waals surface area contributed by atoms with E-state index in [2.05, 4.69) is 20.2 Å². The topological polar surface area (TPSA) is 102 Å². The Labute approximate surface area is 133 Å². The molecule has 0 saturated heterocycles. The van der Waals surface area contributed by atoms with Gasteiger partial charge in [0.2, 0.25) is 6.79 Å². The first-order valence-corrected chi connectivity index (χ1v) is 8.57. The number of hydrogen-bond acceptors (Lipinski definition) is 7. The zero-order chi connectivity index (χ0) is 16.3. The molecule has 1 aliphatic rings. The second-order valence-electron chi connectivity index (χ2n) is 4.85. The molecule has 0 aliphatic carbocycles. The van der Waals surface area contributed by atoms with E-state index >= 15 is 0 Å². The Hall–Kier alpha value is -2.55. The van der Waals surface area contributed by atoms with Crippen LogP contribution in [0, 0.1) is 0 Å². The second kappa shape index (κ2) is 6.29. The zero-order valence-corrected chi connectivity index (χ0v) is 13.3. The van der Waals surface area contributed by atoms with Gasteiger partial charge in [0.25, 0.3) is 10.0 Å². The van der Waals surface area contributed by atoms with Gasteiger partial charge >= 0.3 is 0 Å². The van der Waals surface area contributed by atoms with Gasteiger partial charge in [-0.15, -0.1) is 10.2 Å². The molecule has 122 valence electrons. The van der Waals surface area contributed by atoms with Crippen molar-refractivity contribution in [3.63, 3.8) is 0 Å². The molecule has 0 unspecified atom stereocenters. The number of sulfonamides is 1. The van der Waals surface area contributed by atoms with Gasteiger partial charge in [0.15, 0.2) is 17.3 Å². The summed E-state index contributed by atoms with van der Waals surface area (Å²) in [5.41, 5.74) is 0. The molecule has 1 aromatic heterocycles. The summed E-state index contributed by atoms with van der Waals surface area (Å²) in [6, 6.07) is 7.63. The van der Waals surface area contributed by atoms with E-state index in [-0.39, 0.29) is 17.5 Å². The van der Waals surface area contributed by atoms with Crippen molar-refractivity contribution >= 4 is 21.7 Å². The molecule has 3 rings (SSSR count). The molecule has 8 nitrogen and oxygen atoms in total. The molecule has 0 saturated carbocycles. The Bertz CT molecular complexity index is 793. The van der Waals surface area contributed by atoms with Gasteiger partial charge in [-0.1, -0.05) is 6.92 Å². The van der Waals surface area contributed by atoms with Crippen LogP contribution in [0.2, 0.25) is 0 Å². The van der Waals surface area contributed by atoms with Gasteiger partial charge < -0.3 is 14.8 Å².